The van der Waals surface area contributed by atoms with Crippen LogP contribution in [0.4, 0.5) is 0 Å². The fourth-order valence-electron chi connectivity index (χ4n) is 6.71. The first-order valence-corrected chi connectivity index (χ1v) is 18.5. The number of hydrogen-bond acceptors (Lipinski definition) is 3. The van der Waals surface area contributed by atoms with Gasteiger partial charge in [-0.05, 0) is 46.9 Å². The second-order valence-electron chi connectivity index (χ2n) is 13.4. The van der Waals surface area contributed by atoms with Gasteiger partial charge in [-0.25, -0.2) is 9.97 Å². The van der Waals surface area contributed by atoms with Crippen LogP contribution < -0.4 is 0 Å². The molecule has 0 amide bonds. The van der Waals surface area contributed by atoms with E-state index in [-0.39, 0.29) is 0 Å². The predicted octanol–water partition coefficient (Wildman–Crippen LogP) is 13.4. The summed E-state index contributed by atoms with van der Waals surface area (Å²) in [5, 5.41) is 0. The van der Waals surface area contributed by atoms with Crippen molar-refractivity contribution in [1.29, 1.82) is 0 Å². The topological polar surface area (TPSA) is 38.1 Å². The molecule has 0 atom stereocenters. The Balaban J connectivity index is 1.27. The highest BCUT2D eigenvalue weighted by atomic mass is 14.9. The van der Waals surface area contributed by atoms with Gasteiger partial charge in [-0.3, -0.25) is 4.99 Å². The van der Waals surface area contributed by atoms with Crippen molar-refractivity contribution in [2.45, 2.75) is 6.92 Å². The maximum Gasteiger partial charge on any atom is 0.0973 e. The lowest BCUT2D eigenvalue weighted by atomic mass is 9.97. The lowest BCUT2D eigenvalue weighted by molar-refractivity contribution is 1.21. The van der Waals surface area contributed by atoms with E-state index in [0.29, 0.717) is 0 Å². The summed E-state index contributed by atoms with van der Waals surface area (Å²) in [6.45, 7) is 6.44. The molecular formula is C52H39N3. The fraction of sp³-hybridized carbons (Fsp3) is 0.0192. The van der Waals surface area contributed by atoms with Gasteiger partial charge < -0.3 is 0 Å². The van der Waals surface area contributed by atoms with Gasteiger partial charge in [0.25, 0.3) is 0 Å². The zero-order chi connectivity index (χ0) is 37.4. The molecule has 0 spiro atoms. The average molecular weight is 706 g/mol. The first-order valence-electron chi connectivity index (χ1n) is 18.5. The van der Waals surface area contributed by atoms with Crippen LogP contribution in [0.1, 0.15) is 23.6 Å². The Morgan fingerprint density at radius 1 is 0.400 bits per heavy atom. The van der Waals surface area contributed by atoms with Crippen LogP contribution in [-0.4, -0.2) is 15.7 Å². The first kappa shape index (κ1) is 34.8. The summed E-state index contributed by atoms with van der Waals surface area (Å²) in [5.41, 5.74) is 15.3. The van der Waals surface area contributed by atoms with E-state index in [0.717, 1.165) is 84.3 Å². The molecule has 0 fully saturated rings. The molecule has 1 aromatic heterocycles. The van der Waals surface area contributed by atoms with Crippen LogP contribution in [0.3, 0.4) is 0 Å². The molecule has 0 saturated heterocycles. The van der Waals surface area contributed by atoms with Crippen molar-refractivity contribution in [2.24, 2.45) is 4.99 Å². The Labute approximate surface area is 323 Å². The van der Waals surface area contributed by atoms with Gasteiger partial charge in [-0.1, -0.05) is 201 Å². The third kappa shape index (κ3) is 7.92. The summed E-state index contributed by atoms with van der Waals surface area (Å²) in [6.07, 6.45) is 2.06. The van der Waals surface area contributed by atoms with E-state index in [1.807, 2.05) is 78.9 Å². The summed E-state index contributed by atoms with van der Waals surface area (Å²) in [6, 6.07) is 68.7. The molecule has 0 N–H and O–H groups in total. The summed E-state index contributed by atoms with van der Waals surface area (Å²) in [5.74, 6) is 0. The highest BCUT2D eigenvalue weighted by Crippen LogP contribution is 2.38. The highest BCUT2D eigenvalue weighted by molar-refractivity contribution is 6.03. The monoisotopic (exact) mass is 705 g/mol. The second-order valence-corrected chi connectivity index (χ2v) is 13.4. The molecule has 3 heteroatoms. The molecule has 0 aliphatic heterocycles. The van der Waals surface area contributed by atoms with Crippen molar-refractivity contribution in [2.75, 3.05) is 0 Å². The normalized spacial score (nSPS) is 11.7. The predicted molar refractivity (Wildman–Crippen MR) is 231 cm³/mol. The van der Waals surface area contributed by atoms with E-state index in [1.54, 1.807) is 0 Å². The van der Waals surface area contributed by atoms with E-state index >= 15 is 0 Å². The quantitative estimate of drug-likeness (QED) is 0.105. The molecule has 1 heterocycles. The molecule has 0 saturated carbocycles. The number of benzene rings is 7. The van der Waals surface area contributed by atoms with Gasteiger partial charge in [-0.15, -0.1) is 0 Å². The smallest absolute Gasteiger partial charge is 0.0973 e. The maximum atomic E-state index is 5.52. The zero-order valence-corrected chi connectivity index (χ0v) is 30.7. The Hall–Kier alpha value is -7.23. The summed E-state index contributed by atoms with van der Waals surface area (Å²) in [4.78, 5) is 16.2. The van der Waals surface area contributed by atoms with E-state index < -0.39 is 0 Å². The van der Waals surface area contributed by atoms with E-state index in [1.165, 1.54) is 5.56 Å². The molecule has 8 rings (SSSR count). The molecule has 0 unspecified atom stereocenters. The Morgan fingerprint density at radius 3 is 1.29 bits per heavy atom. The summed E-state index contributed by atoms with van der Waals surface area (Å²) >= 11 is 0. The molecule has 0 aliphatic carbocycles. The van der Waals surface area contributed by atoms with Crippen molar-refractivity contribution >= 4 is 17.0 Å². The van der Waals surface area contributed by atoms with Gasteiger partial charge in [-0.2, -0.15) is 0 Å². The lowest BCUT2D eigenvalue weighted by Crippen LogP contribution is -2.02. The molecule has 55 heavy (non-hydrogen) atoms. The van der Waals surface area contributed by atoms with Crippen molar-refractivity contribution < 1.29 is 0 Å². The van der Waals surface area contributed by atoms with Crippen molar-refractivity contribution in [3.63, 3.8) is 0 Å². The van der Waals surface area contributed by atoms with Crippen LogP contribution in [-0.2, 0) is 0 Å². The molecular weight excluding hydrogens is 667 g/mol. The van der Waals surface area contributed by atoms with Gasteiger partial charge in [0.2, 0.25) is 0 Å². The van der Waals surface area contributed by atoms with Crippen molar-refractivity contribution in [3.05, 3.63) is 230 Å². The first-order chi connectivity index (χ1) is 27.1. The third-order valence-corrected chi connectivity index (χ3v) is 9.62. The Kier molecular flexibility index (Phi) is 10.3. The van der Waals surface area contributed by atoms with Crippen molar-refractivity contribution in [3.8, 4) is 56.2 Å². The SMILES string of the molecule is C=C(/C=C(\N=C(C)c1cccc(-c2nc(-c3ccc(-c4ccccc4)cc3)c(-c3ccccc3)nc2-c2ccccc2)c1)c1ccccc1)c1ccccc1. The Bertz CT molecular complexity index is 2610. The van der Waals surface area contributed by atoms with Crippen LogP contribution in [0.2, 0.25) is 0 Å². The highest BCUT2D eigenvalue weighted by Gasteiger charge is 2.20. The van der Waals surface area contributed by atoms with E-state index in [2.05, 4.69) is 141 Å². The number of hydrogen-bond donors (Lipinski definition) is 0. The molecule has 262 valence electrons. The van der Waals surface area contributed by atoms with Crippen molar-refractivity contribution in [1.82, 2.24) is 9.97 Å². The molecule has 0 aliphatic rings. The lowest BCUT2D eigenvalue weighted by Gasteiger charge is -2.17. The van der Waals surface area contributed by atoms with Crippen LogP contribution in [0.15, 0.2) is 218 Å². The van der Waals surface area contributed by atoms with Gasteiger partial charge in [0, 0.05) is 33.5 Å². The van der Waals surface area contributed by atoms with Crippen LogP contribution in [0, 0.1) is 0 Å². The minimum atomic E-state index is 0.805. The fourth-order valence-corrected chi connectivity index (χ4v) is 6.71. The standard InChI is InChI=1S/C52H39N3/c1-37(39-19-8-3-9-20-39)35-48(42-23-12-5-13-24-42)53-38(2)46-29-18-30-47(36-46)52-50(44-27-16-7-17-28-44)54-49(43-25-14-6-15-26-43)51(55-52)45-33-31-41(32-34-45)40-21-10-4-11-22-40/h3-36H,1H2,2H3/b48-35-,53-38?. The Morgan fingerprint density at radius 2 is 0.764 bits per heavy atom. The van der Waals surface area contributed by atoms with Gasteiger partial charge >= 0.3 is 0 Å². The van der Waals surface area contributed by atoms with Gasteiger partial charge in [0.15, 0.2) is 0 Å². The summed E-state index contributed by atoms with van der Waals surface area (Å²) in [7, 11) is 0. The number of aliphatic imine (C=N–C) groups is 1. The number of aromatic nitrogens is 2. The molecule has 0 radical (unpaired) electrons. The molecule has 8 aromatic rings. The third-order valence-electron chi connectivity index (χ3n) is 9.62. The second kappa shape index (κ2) is 16.2. The zero-order valence-electron chi connectivity index (χ0n) is 30.7. The number of nitrogens with zero attached hydrogens (tertiary/aromatic N) is 3. The minimum Gasteiger partial charge on any atom is -0.252 e. The minimum absolute atomic E-state index is 0.805. The van der Waals surface area contributed by atoms with Crippen LogP contribution >= 0.6 is 0 Å². The molecule has 3 nitrogen and oxygen atoms in total. The van der Waals surface area contributed by atoms with Gasteiger partial charge in [0.1, 0.15) is 0 Å². The largest absolute Gasteiger partial charge is 0.252 e. The van der Waals surface area contributed by atoms with Crippen LogP contribution in [0.25, 0.3) is 67.4 Å². The molecule has 0 bridgehead atoms. The van der Waals surface area contributed by atoms with Gasteiger partial charge in [0.05, 0.1) is 28.5 Å². The summed E-state index contributed by atoms with van der Waals surface area (Å²) < 4.78 is 0. The number of rotatable bonds is 10. The van der Waals surface area contributed by atoms with E-state index in [9.17, 15) is 0 Å². The molecule has 7 aromatic carbocycles. The average Bonchev–Trinajstić information content (AvgIpc) is 3.27. The number of allylic oxidation sites excluding steroid dienone is 2. The maximum absolute atomic E-state index is 5.52. The van der Waals surface area contributed by atoms with Crippen LogP contribution in [0.5, 0.6) is 0 Å². The van der Waals surface area contributed by atoms with E-state index in [4.69, 9.17) is 15.0 Å².